The molecule has 1 aromatic heterocycles. The maximum Gasteiger partial charge on any atom is 0.339 e. The number of carbonyl (C=O) groups excluding carboxylic acids is 1. The fraction of sp³-hybridized carbons (Fsp3) is 0.0870. The van der Waals surface area contributed by atoms with Crippen LogP contribution < -0.4 is 14.3 Å². The zero-order valence-electron chi connectivity index (χ0n) is 19.4. The number of para-hydroxylation sites is 1. The summed E-state index contributed by atoms with van der Waals surface area (Å²) in [5, 5.41) is 14.8. The average molecular weight is 638 g/mol. The lowest BCUT2D eigenvalue weighted by Crippen LogP contribution is -2.19. The standard InChI is InChI=1S/C23H17BrN4O7S3/c1-34-19-11-14(12-25-27-21(29)13-36-23-26-18-4-2-3-5-20(18)37-23)10-17(24)22(19)35-38(32,33)16-8-6-15(7-9-16)28(30)31/h2-12H,13H2,1H3,(H,27,29)/b25-12-. The number of hydrogen-bond acceptors (Lipinski definition) is 11. The molecule has 4 rings (SSSR count). The molecule has 0 saturated heterocycles. The van der Waals surface area contributed by atoms with Crippen molar-refractivity contribution in [3.05, 3.63) is 80.8 Å². The SMILES string of the molecule is COc1cc(/C=N\NC(=O)CSc2nc3ccccc3s2)cc(Br)c1OS(=O)(=O)c1ccc([N+](=O)[O-])cc1. The lowest BCUT2D eigenvalue weighted by molar-refractivity contribution is -0.384. The second-order valence-electron chi connectivity index (χ2n) is 7.35. The summed E-state index contributed by atoms with van der Waals surface area (Å²) in [6.07, 6.45) is 1.36. The number of halogens is 1. The monoisotopic (exact) mass is 636 g/mol. The summed E-state index contributed by atoms with van der Waals surface area (Å²) < 4.78 is 38.0. The molecule has 1 heterocycles. The van der Waals surface area contributed by atoms with Crippen LogP contribution in [0.3, 0.4) is 0 Å². The summed E-state index contributed by atoms with van der Waals surface area (Å²) in [5.41, 5.74) is 3.54. The highest BCUT2D eigenvalue weighted by molar-refractivity contribution is 9.10. The van der Waals surface area contributed by atoms with Gasteiger partial charge in [-0.3, -0.25) is 14.9 Å². The highest BCUT2D eigenvalue weighted by Gasteiger charge is 2.23. The predicted octanol–water partition coefficient (Wildman–Crippen LogP) is 4.99. The first-order valence-electron chi connectivity index (χ1n) is 10.5. The van der Waals surface area contributed by atoms with Gasteiger partial charge in [-0.25, -0.2) is 10.4 Å². The highest BCUT2D eigenvalue weighted by Crippen LogP contribution is 2.38. The Morgan fingerprint density at radius 3 is 2.66 bits per heavy atom. The summed E-state index contributed by atoms with van der Waals surface area (Å²) >= 11 is 6.07. The smallest absolute Gasteiger partial charge is 0.339 e. The van der Waals surface area contributed by atoms with Gasteiger partial charge in [0.2, 0.25) is 0 Å². The maximum atomic E-state index is 12.7. The number of methoxy groups -OCH3 is 1. The van der Waals surface area contributed by atoms with Crippen molar-refractivity contribution in [2.75, 3.05) is 12.9 Å². The minimum Gasteiger partial charge on any atom is -0.493 e. The molecule has 0 radical (unpaired) electrons. The second kappa shape index (κ2) is 11.9. The van der Waals surface area contributed by atoms with Crippen molar-refractivity contribution in [1.29, 1.82) is 0 Å². The lowest BCUT2D eigenvalue weighted by atomic mass is 10.2. The lowest BCUT2D eigenvalue weighted by Gasteiger charge is -2.13. The van der Waals surface area contributed by atoms with Gasteiger partial charge < -0.3 is 8.92 Å². The first kappa shape index (κ1) is 27.5. The molecular formula is C23H17BrN4O7S3. The topological polar surface area (TPSA) is 150 Å². The number of non-ortho nitro benzene ring substituents is 1. The van der Waals surface area contributed by atoms with Gasteiger partial charge in [0, 0.05) is 12.1 Å². The van der Waals surface area contributed by atoms with Crippen molar-refractivity contribution in [3.63, 3.8) is 0 Å². The maximum absolute atomic E-state index is 12.7. The molecule has 0 aliphatic heterocycles. The van der Waals surface area contributed by atoms with Crippen LogP contribution in [0.2, 0.25) is 0 Å². The minimum absolute atomic E-state index is 0.0732. The van der Waals surface area contributed by atoms with Crippen molar-refractivity contribution in [1.82, 2.24) is 10.4 Å². The van der Waals surface area contributed by atoms with Gasteiger partial charge in [-0.1, -0.05) is 23.9 Å². The van der Waals surface area contributed by atoms with Gasteiger partial charge in [0.05, 0.1) is 38.7 Å². The first-order valence-corrected chi connectivity index (χ1v) is 14.5. The van der Waals surface area contributed by atoms with E-state index in [-0.39, 0.29) is 38.2 Å². The Morgan fingerprint density at radius 2 is 1.97 bits per heavy atom. The quantitative estimate of drug-likeness (QED) is 0.0835. The Labute approximate surface area is 233 Å². The molecule has 11 nitrogen and oxygen atoms in total. The van der Waals surface area contributed by atoms with Gasteiger partial charge in [0.15, 0.2) is 15.8 Å². The van der Waals surface area contributed by atoms with E-state index in [1.54, 1.807) is 0 Å². The normalized spacial score (nSPS) is 11.5. The Bertz CT molecular complexity index is 1610. The molecule has 0 atom stereocenters. The van der Waals surface area contributed by atoms with Gasteiger partial charge in [0.25, 0.3) is 11.6 Å². The van der Waals surface area contributed by atoms with E-state index >= 15 is 0 Å². The molecule has 0 bridgehead atoms. The molecule has 15 heteroatoms. The number of nitro groups is 1. The van der Waals surface area contributed by atoms with E-state index in [0.29, 0.717) is 5.56 Å². The van der Waals surface area contributed by atoms with Crippen molar-refractivity contribution < 1.29 is 27.1 Å². The number of nitrogens with one attached hydrogen (secondary N) is 1. The molecule has 38 heavy (non-hydrogen) atoms. The number of fused-ring (bicyclic) bond motifs is 1. The fourth-order valence-electron chi connectivity index (χ4n) is 3.04. The summed E-state index contributed by atoms with van der Waals surface area (Å²) in [5.74, 6) is -0.258. The number of nitrogens with zero attached hydrogens (tertiary/aromatic N) is 3. The molecule has 196 valence electrons. The summed E-state index contributed by atoms with van der Waals surface area (Å²) in [6, 6.07) is 15.0. The van der Waals surface area contributed by atoms with Gasteiger partial charge in [-0.15, -0.1) is 11.3 Å². The van der Waals surface area contributed by atoms with Crippen LogP contribution in [0.4, 0.5) is 5.69 Å². The zero-order valence-corrected chi connectivity index (χ0v) is 23.4. The first-order chi connectivity index (χ1) is 18.2. The molecule has 0 unspecified atom stereocenters. The minimum atomic E-state index is -4.32. The van der Waals surface area contributed by atoms with E-state index in [9.17, 15) is 23.3 Å². The predicted molar refractivity (Wildman–Crippen MR) is 148 cm³/mol. The van der Waals surface area contributed by atoms with Crippen molar-refractivity contribution >= 4 is 77.2 Å². The number of hydrazone groups is 1. The van der Waals surface area contributed by atoms with Gasteiger partial charge in [-0.2, -0.15) is 13.5 Å². The van der Waals surface area contributed by atoms with E-state index in [2.05, 4.69) is 31.4 Å². The number of thiazole rings is 1. The van der Waals surface area contributed by atoms with Crippen LogP contribution in [0.5, 0.6) is 11.5 Å². The fourth-order valence-corrected chi connectivity index (χ4v) is 6.50. The molecule has 3 aromatic carbocycles. The number of hydrogen-bond donors (Lipinski definition) is 1. The number of aromatic nitrogens is 1. The molecule has 1 N–H and O–H groups in total. The van der Waals surface area contributed by atoms with Gasteiger partial charge in [0.1, 0.15) is 4.90 Å². The summed E-state index contributed by atoms with van der Waals surface area (Å²) in [6.45, 7) is 0. The average Bonchev–Trinajstić information content (AvgIpc) is 3.32. The van der Waals surface area contributed by atoms with Crippen LogP contribution in [0, 0.1) is 10.1 Å². The van der Waals surface area contributed by atoms with Gasteiger partial charge in [-0.05, 0) is 57.9 Å². The van der Waals surface area contributed by atoms with Crippen LogP contribution >= 0.6 is 39.0 Å². The highest BCUT2D eigenvalue weighted by atomic mass is 79.9. The summed E-state index contributed by atoms with van der Waals surface area (Å²) in [4.78, 5) is 26.6. The van der Waals surface area contributed by atoms with Crippen LogP contribution in [0.25, 0.3) is 10.2 Å². The summed E-state index contributed by atoms with van der Waals surface area (Å²) in [7, 11) is -2.99. The Balaban J connectivity index is 1.40. The van der Waals surface area contributed by atoms with Crippen molar-refractivity contribution in [2.24, 2.45) is 5.10 Å². The molecule has 4 aromatic rings. The van der Waals surface area contributed by atoms with Crippen LogP contribution in [-0.2, 0) is 14.9 Å². The van der Waals surface area contributed by atoms with E-state index in [1.807, 2.05) is 24.3 Å². The van der Waals surface area contributed by atoms with Gasteiger partial charge >= 0.3 is 10.1 Å². The number of carbonyl (C=O) groups is 1. The Morgan fingerprint density at radius 1 is 1.24 bits per heavy atom. The van der Waals surface area contributed by atoms with Crippen molar-refractivity contribution in [2.45, 2.75) is 9.24 Å². The molecule has 0 spiro atoms. The Kier molecular flexibility index (Phi) is 8.61. The van der Waals surface area contributed by atoms with E-state index < -0.39 is 15.0 Å². The third-order valence-corrected chi connectivity index (χ3v) is 8.79. The largest absolute Gasteiger partial charge is 0.493 e. The zero-order chi connectivity index (χ0) is 27.3. The molecule has 0 saturated carbocycles. The number of ether oxygens (including phenoxy) is 1. The third-order valence-electron chi connectivity index (χ3n) is 4.78. The second-order valence-corrected chi connectivity index (χ2v) is 12.0. The molecule has 0 aliphatic rings. The number of rotatable bonds is 10. The van der Waals surface area contributed by atoms with E-state index in [4.69, 9.17) is 8.92 Å². The number of amides is 1. The third kappa shape index (κ3) is 6.66. The number of nitro benzene ring substituents is 1. The molecule has 1 amide bonds. The van der Waals surface area contributed by atoms with Crippen LogP contribution in [0.1, 0.15) is 5.56 Å². The van der Waals surface area contributed by atoms with E-state index in [1.165, 1.54) is 48.6 Å². The molecular weight excluding hydrogens is 620 g/mol. The van der Waals surface area contributed by atoms with Crippen LogP contribution in [0.15, 0.2) is 79.5 Å². The Hall–Kier alpha value is -3.53. The molecule has 0 aliphatic carbocycles. The van der Waals surface area contributed by atoms with Crippen LogP contribution in [-0.4, -0.2) is 43.3 Å². The van der Waals surface area contributed by atoms with E-state index in [0.717, 1.165) is 38.8 Å². The molecule has 0 fully saturated rings. The van der Waals surface area contributed by atoms with Crippen molar-refractivity contribution in [3.8, 4) is 11.5 Å². The number of thioether (sulfide) groups is 1. The number of benzene rings is 3.